The van der Waals surface area contributed by atoms with Gasteiger partial charge >= 0.3 is 5.97 Å². The maximum atomic E-state index is 12.6. The maximum Gasteiger partial charge on any atom is 0.311 e. The minimum Gasteiger partial charge on any atom is -0.493 e. The molecule has 2 atom stereocenters. The molecular weight excluding hydrogens is 322 g/mol. The van der Waals surface area contributed by atoms with Crippen LogP contribution in [0.25, 0.3) is 11.0 Å². The van der Waals surface area contributed by atoms with Gasteiger partial charge in [-0.05, 0) is 12.1 Å². The van der Waals surface area contributed by atoms with Gasteiger partial charge in [0, 0.05) is 35.5 Å². The Bertz CT molecular complexity index is 814. The van der Waals surface area contributed by atoms with Gasteiger partial charge in [0.15, 0.2) is 17.1 Å². The summed E-state index contributed by atoms with van der Waals surface area (Å²) in [6.45, 7) is 1.26. The lowest BCUT2D eigenvalue weighted by Crippen LogP contribution is -2.30. The summed E-state index contributed by atoms with van der Waals surface area (Å²) in [4.78, 5) is 25.9. The number of rotatable bonds is 2. The van der Waals surface area contributed by atoms with Crippen molar-refractivity contribution < 1.29 is 23.5 Å². The first-order valence-corrected chi connectivity index (χ1v) is 7.67. The summed E-state index contributed by atoms with van der Waals surface area (Å²) in [5.74, 6) is 0.111. The molecule has 0 radical (unpaired) electrons. The lowest BCUT2D eigenvalue weighted by Gasteiger charge is -2.15. The van der Waals surface area contributed by atoms with Gasteiger partial charge in [-0.2, -0.15) is 0 Å². The van der Waals surface area contributed by atoms with Crippen molar-refractivity contribution in [2.45, 2.75) is 0 Å². The SMILES string of the molecule is COc1cc(Cl)cc2cc(C(=O)N3C[C@@H]4COC(=O)[C@@H]4C3)oc12. The molecule has 0 bridgehead atoms. The average Bonchev–Trinajstić information content (AvgIpc) is 3.21. The summed E-state index contributed by atoms with van der Waals surface area (Å²) in [6.07, 6.45) is 0. The molecule has 0 aliphatic carbocycles. The van der Waals surface area contributed by atoms with Crippen LogP contribution < -0.4 is 4.74 Å². The lowest BCUT2D eigenvalue weighted by molar-refractivity contribution is -0.141. The topological polar surface area (TPSA) is 69.0 Å². The number of benzene rings is 1. The highest BCUT2D eigenvalue weighted by Crippen LogP contribution is 2.35. The van der Waals surface area contributed by atoms with Crippen LogP contribution in [0.3, 0.4) is 0 Å². The van der Waals surface area contributed by atoms with Crippen molar-refractivity contribution in [3.05, 3.63) is 29.0 Å². The summed E-state index contributed by atoms with van der Waals surface area (Å²) < 4.78 is 15.9. The molecule has 7 heteroatoms. The van der Waals surface area contributed by atoms with E-state index in [1.165, 1.54) is 7.11 Å². The van der Waals surface area contributed by atoms with Crippen molar-refractivity contribution in [1.29, 1.82) is 0 Å². The Morgan fingerprint density at radius 2 is 2.17 bits per heavy atom. The molecule has 1 amide bonds. The molecule has 6 nitrogen and oxygen atoms in total. The average molecular weight is 336 g/mol. The fourth-order valence-corrected chi connectivity index (χ4v) is 3.48. The molecule has 0 saturated carbocycles. The highest BCUT2D eigenvalue weighted by atomic mass is 35.5. The molecule has 2 aliphatic heterocycles. The highest BCUT2D eigenvalue weighted by Gasteiger charge is 2.45. The number of fused-ring (bicyclic) bond motifs is 2. The predicted molar refractivity (Wildman–Crippen MR) is 81.6 cm³/mol. The number of esters is 1. The molecule has 0 spiro atoms. The minimum absolute atomic E-state index is 0.0832. The summed E-state index contributed by atoms with van der Waals surface area (Å²) in [7, 11) is 1.52. The molecule has 120 valence electrons. The first-order valence-electron chi connectivity index (χ1n) is 7.30. The van der Waals surface area contributed by atoms with Crippen LogP contribution in [0, 0.1) is 11.8 Å². The maximum absolute atomic E-state index is 12.6. The van der Waals surface area contributed by atoms with E-state index in [1.54, 1.807) is 23.1 Å². The fraction of sp³-hybridized carbons (Fsp3) is 0.375. The van der Waals surface area contributed by atoms with Crippen molar-refractivity contribution in [1.82, 2.24) is 4.90 Å². The van der Waals surface area contributed by atoms with E-state index in [-0.39, 0.29) is 29.5 Å². The van der Waals surface area contributed by atoms with Crippen LogP contribution in [0.5, 0.6) is 5.75 Å². The van der Waals surface area contributed by atoms with Crippen LogP contribution >= 0.6 is 11.6 Å². The minimum atomic E-state index is -0.235. The summed E-state index contributed by atoms with van der Waals surface area (Å²) in [5, 5.41) is 1.21. The third-order valence-corrected chi connectivity index (χ3v) is 4.67. The Balaban J connectivity index is 1.64. The second kappa shape index (κ2) is 5.16. The number of cyclic esters (lactones) is 1. The molecule has 23 heavy (non-hydrogen) atoms. The second-order valence-electron chi connectivity index (χ2n) is 5.84. The number of hydrogen-bond donors (Lipinski definition) is 0. The van der Waals surface area contributed by atoms with Crippen molar-refractivity contribution in [2.24, 2.45) is 11.8 Å². The summed E-state index contributed by atoms with van der Waals surface area (Å²) in [5.41, 5.74) is 0.485. The Hall–Kier alpha value is -2.21. The zero-order chi connectivity index (χ0) is 16.1. The lowest BCUT2D eigenvalue weighted by atomic mass is 10.0. The summed E-state index contributed by atoms with van der Waals surface area (Å²) in [6, 6.07) is 5.01. The number of hydrogen-bond acceptors (Lipinski definition) is 5. The van der Waals surface area contributed by atoms with Gasteiger partial charge in [0.05, 0.1) is 19.6 Å². The number of nitrogens with zero attached hydrogens (tertiary/aromatic N) is 1. The van der Waals surface area contributed by atoms with Crippen LogP contribution in [0.1, 0.15) is 10.6 Å². The largest absolute Gasteiger partial charge is 0.493 e. The summed E-state index contributed by atoms with van der Waals surface area (Å²) >= 11 is 6.03. The quantitative estimate of drug-likeness (QED) is 0.788. The van der Waals surface area contributed by atoms with E-state index >= 15 is 0 Å². The number of amides is 1. The van der Waals surface area contributed by atoms with E-state index in [0.29, 0.717) is 41.4 Å². The molecular formula is C16H14ClNO5. The molecule has 1 aromatic heterocycles. The number of ether oxygens (including phenoxy) is 2. The van der Waals surface area contributed by atoms with Crippen molar-refractivity contribution in [2.75, 3.05) is 26.8 Å². The Morgan fingerprint density at radius 1 is 1.35 bits per heavy atom. The molecule has 3 heterocycles. The fourth-order valence-electron chi connectivity index (χ4n) is 3.27. The Kier molecular flexibility index (Phi) is 3.23. The zero-order valence-electron chi connectivity index (χ0n) is 12.4. The number of carbonyl (C=O) groups is 2. The first kappa shape index (κ1) is 14.4. The molecule has 0 N–H and O–H groups in total. The Morgan fingerprint density at radius 3 is 2.91 bits per heavy atom. The molecule has 2 aliphatic rings. The first-order chi connectivity index (χ1) is 11.1. The van der Waals surface area contributed by atoms with E-state index < -0.39 is 0 Å². The molecule has 1 aromatic carbocycles. The van der Waals surface area contributed by atoms with E-state index in [0.717, 1.165) is 0 Å². The van der Waals surface area contributed by atoms with E-state index in [1.807, 2.05) is 0 Å². The van der Waals surface area contributed by atoms with Crippen molar-refractivity contribution in [3.8, 4) is 5.75 Å². The molecule has 2 aromatic rings. The van der Waals surface area contributed by atoms with E-state index in [9.17, 15) is 9.59 Å². The van der Waals surface area contributed by atoms with Crippen molar-refractivity contribution in [3.63, 3.8) is 0 Å². The Labute approximate surface area is 136 Å². The second-order valence-corrected chi connectivity index (χ2v) is 6.28. The van der Waals surface area contributed by atoms with Crippen LogP contribution in [-0.4, -0.2) is 43.6 Å². The zero-order valence-corrected chi connectivity index (χ0v) is 13.1. The number of furan rings is 1. The number of carbonyl (C=O) groups excluding carboxylic acids is 2. The van der Waals surface area contributed by atoms with E-state index in [2.05, 4.69) is 0 Å². The van der Waals surface area contributed by atoms with Crippen LogP contribution in [0.2, 0.25) is 5.02 Å². The highest BCUT2D eigenvalue weighted by molar-refractivity contribution is 6.31. The smallest absolute Gasteiger partial charge is 0.311 e. The van der Waals surface area contributed by atoms with Crippen LogP contribution in [-0.2, 0) is 9.53 Å². The van der Waals surface area contributed by atoms with Gasteiger partial charge in [-0.1, -0.05) is 11.6 Å². The standard InChI is InChI=1S/C16H14ClNO5/c1-21-12-4-10(17)2-8-3-13(23-14(8)12)15(19)18-5-9-7-22-16(20)11(9)6-18/h2-4,9,11H,5-7H2,1H3/t9-,11-/m1/s1. The molecule has 2 saturated heterocycles. The van der Waals surface area contributed by atoms with Gasteiger partial charge in [-0.25, -0.2) is 0 Å². The van der Waals surface area contributed by atoms with Gasteiger partial charge in [0.1, 0.15) is 0 Å². The van der Waals surface area contributed by atoms with E-state index in [4.69, 9.17) is 25.5 Å². The molecule has 0 unspecified atom stereocenters. The number of likely N-dealkylation sites (tertiary alicyclic amines) is 1. The van der Waals surface area contributed by atoms with Crippen molar-refractivity contribution >= 4 is 34.4 Å². The van der Waals surface area contributed by atoms with Gasteiger partial charge < -0.3 is 18.8 Å². The van der Waals surface area contributed by atoms with Gasteiger partial charge in [0.25, 0.3) is 5.91 Å². The third kappa shape index (κ3) is 2.25. The number of halogens is 1. The monoisotopic (exact) mass is 335 g/mol. The number of methoxy groups -OCH3 is 1. The van der Waals surface area contributed by atoms with Gasteiger partial charge in [0.2, 0.25) is 0 Å². The third-order valence-electron chi connectivity index (χ3n) is 4.45. The molecule has 4 rings (SSSR count). The van der Waals surface area contributed by atoms with Gasteiger partial charge in [-0.15, -0.1) is 0 Å². The van der Waals surface area contributed by atoms with Crippen LogP contribution in [0.4, 0.5) is 0 Å². The van der Waals surface area contributed by atoms with Gasteiger partial charge in [-0.3, -0.25) is 9.59 Å². The predicted octanol–water partition coefficient (Wildman–Crippen LogP) is 2.34. The molecule has 2 fully saturated rings. The van der Waals surface area contributed by atoms with Crippen LogP contribution in [0.15, 0.2) is 22.6 Å². The normalized spacial score (nSPS) is 23.2.